The molecule has 0 aliphatic heterocycles. The molecule has 0 atom stereocenters. The molecule has 4 N–H and O–H groups in total. The summed E-state index contributed by atoms with van der Waals surface area (Å²) >= 11 is 0. The molecule has 3 aromatic rings. The molecule has 0 radical (unpaired) electrons. The maximum Gasteiger partial charge on any atom is 0.272 e. The first-order valence-electron chi connectivity index (χ1n) is 7.68. The van der Waals surface area contributed by atoms with Crippen molar-refractivity contribution >= 4 is 23.0 Å². The van der Waals surface area contributed by atoms with E-state index in [4.69, 9.17) is 5.73 Å². The topological polar surface area (TPSA) is 72.1 Å². The summed E-state index contributed by atoms with van der Waals surface area (Å²) in [4.78, 5) is 12.5. The lowest BCUT2D eigenvalue weighted by Crippen LogP contribution is -2.15. The standard InChI is InChI=1S/C19H20N4O/c1-21-16-7-3-13(4-8-16)14-11-18(23(2)12-14)19(24)22-17-9-5-15(20)6-10-17/h3-12,21H,20H2,1-2H3,(H,22,24). The number of hydrogen-bond acceptors (Lipinski definition) is 3. The molecule has 0 saturated heterocycles. The lowest BCUT2D eigenvalue weighted by molar-refractivity contribution is 0.101. The Balaban J connectivity index is 1.82. The minimum atomic E-state index is -0.152. The van der Waals surface area contributed by atoms with Crippen LogP contribution < -0.4 is 16.4 Å². The summed E-state index contributed by atoms with van der Waals surface area (Å²) in [6.07, 6.45) is 1.95. The summed E-state index contributed by atoms with van der Waals surface area (Å²) in [5.74, 6) is -0.152. The summed E-state index contributed by atoms with van der Waals surface area (Å²) in [5.41, 5.74) is 10.8. The highest BCUT2D eigenvalue weighted by Crippen LogP contribution is 2.24. The Kier molecular flexibility index (Phi) is 4.24. The summed E-state index contributed by atoms with van der Waals surface area (Å²) in [6.45, 7) is 0. The number of carbonyl (C=O) groups excluding carboxylic acids is 1. The fourth-order valence-electron chi connectivity index (χ4n) is 2.54. The number of anilines is 3. The largest absolute Gasteiger partial charge is 0.399 e. The first-order chi connectivity index (χ1) is 11.6. The highest BCUT2D eigenvalue weighted by Gasteiger charge is 2.13. The zero-order valence-corrected chi connectivity index (χ0v) is 13.7. The number of nitrogen functional groups attached to an aromatic ring is 1. The summed E-state index contributed by atoms with van der Waals surface area (Å²) < 4.78 is 1.83. The second-order valence-corrected chi connectivity index (χ2v) is 5.63. The molecule has 0 unspecified atom stereocenters. The molecule has 1 amide bonds. The molecule has 2 aromatic carbocycles. The molecule has 1 heterocycles. The van der Waals surface area contributed by atoms with Gasteiger partial charge in [-0.1, -0.05) is 12.1 Å². The summed E-state index contributed by atoms with van der Waals surface area (Å²) in [6, 6.07) is 17.1. The van der Waals surface area contributed by atoms with Gasteiger partial charge in [-0.25, -0.2) is 0 Å². The van der Waals surface area contributed by atoms with Gasteiger partial charge >= 0.3 is 0 Å². The van der Waals surface area contributed by atoms with Gasteiger partial charge < -0.3 is 20.9 Å². The van der Waals surface area contributed by atoms with Gasteiger partial charge in [-0.2, -0.15) is 0 Å². The highest BCUT2D eigenvalue weighted by molar-refractivity contribution is 6.04. The molecule has 0 aliphatic carbocycles. The van der Waals surface area contributed by atoms with Crippen molar-refractivity contribution in [3.05, 3.63) is 66.5 Å². The fourth-order valence-corrected chi connectivity index (χ4v) is 2.54. The predicted molar refractivity (Wildman–Crippen MR) is 99.2 cm³/mol. The van der Waals surface area contributed by atoms with Gasteiger partial charge in [0.25, 0.3) is 5.91 Å². The van der Waals surface area contributed by atoms with E-state index in [-0.39, 0.29) is 5.91 Å². The summed E-state index contributed by atoms with van der Waals surface area (Å²) in [5, 5.41) is 5.98. The van der Waals surface area contributed by atoms with Gasteiger partial charge in [0.15, 0.2) is 0 Å². The Bertz CT molecular complexity index is 848. The zero-order valence-electron chi connectivity index (χ0n) is 13.7. The van der Waals surface area contributed by atoms with Crippen molar-refractivity contribution in [3.8, 4) is 11.1 Å². The Labute approximate surface area is 141 Å². The molecule has 24 heavy (non-hydrogen) atoms. The molecule has 3 rings (SSSR count). The highest BCUT2D eigenvalue weighted by atomic mass is 16.1. The van der Waals surface area contributed by atoms with Crippen molar-refractivity contribution in [2.45, 2.75) is 0 Å². The van der Waals surface area contributed by atoms with Gasteiger partial charge in [-0.05, 0) is 48.0 Å². The molecule has 0 fully saturated rings. The van der Waals surface area contributed by atoms with E-state index < -0.39 is 0 Å². The number of carbonyl (C=O) groups is 1. The monoisotopic (exact) mass is 320 g/mol. The van der Waals surface area contributed by atoms with Crippen LogP contribution in [0.4, 0.5) is 17.1 Å². The van der Waals surface area contributed by atoms with E-state index in [1.165, 1.54) is 0 Å². The number of aromatic nitrogens is 1. The molecular weight excluding hydrogens is 300 g/mol. The fraction of sp³-hybridized carbons (Fsp3) is 0.105. The number of benzene rings is 2. The van der Waals surface area contributed by atoms with Gasteiger partial charge in [0.2, 0.25) is 0 Å². The molecular formula is C19H20N4O. The lowest BCUT2D eigenvalue weighted by atomic mass is 10.1. The van der Waals surface area contributed by atoms with Crippen LogP contribution in [0.25, 0.3) is 11.1 Å². The Morgan fingerprint density at radius 1 is 0.958 bits per heavy atom. The summed E-state index contributed by atoms with van der Waals surface area (Å²) in [7, 11) is 3.75. The minimum Gasteiger partial charge on any atom is -0.399 e. The third-order valence-electron chi connectivity index (χ3n) is 3.91. The number of nitrogens with zero attached hydrogens (tertiary/aromatic N) is 1. The van der Waals surface area contributed by atoms with Crippen molar-refractivity contribution in [2.24, 2.45) is 7.05 Å². The molecule has 122 valence electrons. The average molecular weight is 320 g/mol. The van der Waals surface area contributed by atoms with E-state index in [2.05, 4.69) is 10.6 Å². The van der Waals surface area contributed by atoms with E-state index in [0.717, 1.165) is 22.5 Å². The molecule has 0 bridgehead atoms. The van der Waals surface area contributed by atoms with E-state index in [1.54, 1.807) is 24.3 Å². The van der Waals surface area contributed by atoms with Crippen LogP contribution in [0.15, 0.2) is 60.8 Å². The van der Waals surface area contributed by atoms with Crippen LogP contribution in [0.1, 0.15) is 10.5 Å². The van der Waals surface area contributed by atoms with E-state index in [9.17, 15) is 4.79 Å². The van der Waals surface area contributed by atoms with Crippen LogP contribution in [-0.4, -0.2) is 17.5 Å². The normalized spacial score (nSPS) is 10.4. The SMILES string of the molecule is CNc1ccc(-c2cc(C(=O)Nc3ccc(N)cc3)n(C)c2)cc1. The third-order valence-corrected chi connectivity index (χ3v) is 3.91. The Morgan fingerprint density at radius 3 is 2.21 bits per heavy atom. The lowest BCUT2D eigenvalue weighted by Gasteiger charge is -2.06. The van der Waals surface area contributed by atoms with Gasteiger partial charge in [-0.15, -0.1) is 0 Å². The van der Waals surface area contributed by atoms with Crippen molar-refractivity contribution < 1.29 is 4.79 Å². The number of nitrogens with one attached hydrogen (secondary N) is 2. The van der Waals surface area contributed by atoms with Crippen molar-refractivity contribution in [1.29, 1.82) is 0 Å². The quantitative estimate of drug-likeness (QED) is 0.644. The van der Waals surface area contributed by atoms with Crippen LogP contribution in [0, 0.1) is 0 Å². The molecule has 0 saturated carbocycles. The average Bonchev–Trinajstić information content (AvgIpc) is 2.99. The van der Waals surface area contributed by atoms with Gasteiger partial charge in [0, 0.05) is 42.9 Å². The number of rotatable bonds is 4. The Hall–Kier alpha value is -3.21. The number of nitrogens with two attached hydrogens (primary N) is 1. The smallest absolute Gasteiger partial charge is 0.272 e. The maximum atomic E-state index is 12.5. The van der Waals surface area contributed by atoms with Crippen molar-refractivity contribution in [3.63, 3.8) is 0 Å². The van der Waals surface area contributed by atoms with Gasteiger partial charge in [-0.3, -0.25) is 4.79 Å². The maximum absolute atomic E-state index is 12.5. The van der Waals surface area contributed by atoms with E-state index in [0.29, 0.717) is 11.4 Å². The predicted octanol–water partition coefficient (Wildman–Crippen LogP) is 3.57. The third kappa shape index (κ3) is 3.25. The second-order valence-electron chi connectivity index (χ2n) is 5.63. The van der Waals surface area contributed by atoms with Crippen LogP contribution >= 0.6 is 0 Å². The van der Waals surface area contributed by atoms with Crippen molar-refractivity contribution in [1.82, 2.24) is 4.57 Å². The first-order valence-corrected chi connectivity index (χ1v) is 7.68. The van der Waals surface area contributed by atoms with Gasteiger partial charge in [0.05, 0.1) is 0 Å². The first kappa shape index (κ1) is 15.7. The Morgan fingerprint density at radius 2 is 1.58 bits per heavy atom. The minimum absolute atomic E-state index is 0.152. The van der Waals surface area contributed by atoms with Crippen LogP contribution in [0.5, 0.6) is 0 Å². The second kappa shape index (κ2) is 6.50. The molecule has 5 heteroatoms. The van der Waals surface area contributed by atoms with Crippen LogP contribution in [0.3, 0.4) is 0 Å². The van der Waals surface area contributed by atoms with E-state index >= 15 is 0 Å². The molecule has 0 aliphatic rings. The number of aryl methyl sites for hydroxylation is 1. The molecule has 5 nitrogen and oxygen atoms in total. The van der Waals surface area contributed by atoms with Crippen molar-refractivity contribution in [2.75, 3.05) is 23.4 Å². The molecule has 1 aromatic heterocycles. The zero-order chi connectivity index (χ0) is 17.1. The number of amides is 1. The van der Waals surface area contributed by atoms with Crippen LogP contribution in [-0.2, 0) is 7.05 Å². The molecule has 0 spiro atoms. The van der Waals surface area contributed by atoms with Gasteiger partial charge in [0.1, 0.15) is 5.69 Å². The number of hydrogen-bond donors (Lipinski definition) is 3. The van der Waals surface area contributed by atoms with E-state index in [1.807, 2.05) is 55.2 Å². The van der Waals surface area contributed by atoms with Crippen LogP contribution in [0.2, 0.25) is 0 Å².